The Bertz CT molecular complexity index is 1300. The Morgan fingerprint density at radius 2 is 1.49 bits per heavy atom. The summed E-state index contributed by atoms with van der Waals surface area (Å²) < 4.78 is 27.9. The maximum Gasteiger partial charge on any atom is 0.245 e. The zero-order valence-corrected chi connectivity index (χ0v) is 20.9. The molecule has 3 aromatic carbocycles. The number of sulfonamides is 1. The molecule has 1 fully saturated rings. The first-order valence-electron chi connectivity index (χ1n) is 11.9. The van der Waals surface area contributed by atoms with Crippen molar-refractivity contribution in [2.45, 2.75) is 31.2 Å². The number of carbonyl (C=O) groups excluding carboxylic acids is 2. The van der Waals surface area contributed by atoms with Crippen molar-refractivity contribution < 1.29 is 18.0 Å². The van der Waals surface area contributed by atoms with Gasteiger partial charge in [0.1, 0.15) is 6.04 Å². The number of hydrogen-bond donors (Lipinski definition) is 1. The van der Waals surface area contributed by atoms with Crippen molar-refractivity contribution in [1.82, 2.24) is 14.5 Å². The average Bonchev–Trinajstić information content (AvgIpc) is 2.87. The minimum atomic E-state index is -3.67. The van der Waals surface area contributed by atoms with Crippen molar-refractivity contribution >= 4 is 32.6 Å². The summed E-state index contributed by atoms with van der Waals surface area (Å²) in [6.45, 7) is 4.78. The van der Waals surface area contributed by atoms with Crippen molar-refractivity contribution in [3.05, 3.63) is 78.4 Å². The molecule has 0 radical (unpaired) electrons. The van der Waals surface area contributed by atoms with Crippen molar-refractivity contribution in [3.63, 3.8) is 0 Å². The predicted molar refractivity (Wildman–Crippen MR) is 136 cm³/mol. The van der Waals surface area contributed by atoms with Crippen LogP contribution in [-0.4, -0.2) is 61.7 Å². The lowest BCUT2D eigenvalue weighted by Gasteiger charge is -2.36. The summed E-state index contributed by atoms with van der Waals surface area (Å²) in [5.41, 5.74) is 0.882. The van der Waals surface area contributed by atoms with Crippen LogP contribution in [0, 0.1) is 5.92 Å². The van der Waals surface area contributed by atoms with Crippen LogP contribution in [0.15, 0.2) is 77.7 Å². The molecule has 0 spiro atoms. The van der Waals surface area contributed by atoms with E-state index in [2.05, 4.69) is 5.32 Å². The number of carbonyl (C=O) groups is 2. The second kappa shape index (κ2) is 10.6. The van der Waals surface area contributed by atoms with Gasteiger partial charge in [0.05, 0.1) is 11.3 Å². The zero-order valence-electron chi connectivity index (χ0n) is 20.1. The number of piperazine rings is 1. The molecule has 1 unspecified atom stereocenters. The molecule has 1 saturated heterocycles. The third-order valence-corrected chi connectivity index (χ3v) is 8.26. The van der Waals surface area contributed by atoms with E-state index in [0.29, 0.717) is 0 Å². The van der Waals surface area contributed by atoms with Crippen molar-refractivity contribution in [2.24, 2.45) is 5.92 Å². The van der Waals surface area contributed by atoms with Gasteiger partial charge in [0, 0.05) is 26.2 Å². The Morgan fingerprint density at radius 1 is 0.857 bits per heavy atom. The number of rotatable bonds is 7. The molecule has 4 rings (SSSR count). The number of nitrogens with one attached hydrogen (secondary N) is 1. The molecule has 1 atom stereocenters. The molecule has 1 N–H and O–H groups in total. The highest BCUT2D eigenvalue weighted by Gasteiger charge is 2.34. The largest absolute Gasteiger partial charge is 0.344 e. The molecular weight excluding hydrogens is 462 g/mol. The quantitative estimate of drug-likeness (QED) is 0.548. The second-order valence-electron chi connectivity index (χ2n) is 9.19. The van der Waals surface area contributed by atoms with Crippen LogP contribution >= 0.6 is 0 Å². The summed E-state index contributed by atoms with van der Waals surface area (Å²) in [7, 11) is -3.67. The highest BCUT2D eigenvalue weighted by Crippen LogP contribution is 2.23. The van der Waals surface area contributed by atoms with E-state index in [9.17, 15) is 18.0 Å². The molecule has 1 heterocycles. The summed E-state index contributed by atoms with van der Waals surface area (Å²) in [6.07, 6.45) is 0.203. The van der Waals surface area contributed by atoms with Crippen molar-refractivity contribution in [1.29, 1.82) is 0 Å². The topological polar surface area (TPSA) is 86.8 Å². The fraction of sp³-hybridized carbons (Fsp3) is 0.333. The van der Waals surface area contributed by atoms with Crippen LogP contribution in [0.2, 0.25) is 0 Å². The van der Waals surface area contributed by atoms with Gasteiger partial charge in [-0.1, -0.05) is 74.5 Å². The first kappa shape index (κ1) is 24.9. The van der Waals surface area contributed by atoms with Crippen LogP contribution < -0.4 is 5.32 Å². The number of amides is 2. The maximum absolute atomic E-state index is 13.2. The Balaban J connectivity index is 1.39. The summed E-state index contributed by atoms with van der Waals surface area (Å²) in [6, 6.07) is 21.5. The highest BCUT2D eigenvalue weighted by molar-refractivity contribution is 7.89. The van der Waals surface area contributed by atoms with E-state index in [1.807, 2.05) is 74.5 Å². The van der Waals surface area contributed by atoms with E-state index in [0.717, 1.165) is 16.3 Å². The Hall–Kier alpha value is -3.23. The lowest BCUT2D eigenvalue weighted by atomic mass is 10.0. The van der Waals surface area contributed by atoms with Gasteiger partial charge in [-0.3, -0.25) is 9.59 Å². The summed E-state index contributed by atoms with van der Waals surface area (Å²) >= 11 is 0. The summed E-state index contributed by atoms with van der Waals surface area (Å²) in [4.78, 5) is 27.7. The van der Waals surface area contributed by atoms with Crippen LogP contribution in [0.3, 0.4) is 0 Å². The Labute approximate surface area is 206 Å². The molecule has 2 amide bonds. The third kappa shape index (κ3) is 5.71. The molecule has 0 saturated carbocycles. The maximum atomic E-state index is 13.2. The molecule has 0 aromatic heterocycles. The zero-order chi connectivity index (χ0) is 25.0. The molecule has 1 aliphatic rings. The Morgan fingerprint density at radius 3 is 2.14 bits per heavy atom. The van der Waals surface area contributed by atoms with Crippen LogP contribution in [0.4, 0.5) is 0 Å². The molecule has 1 aliphatic heterocycles. The number of nitrogens with zero attached hydrogens (tertiary/aromatic N) is 2. The second-order valence-corrected chi connectivity index (χ2v) is 11.1. The first-order valence-corrected chi connectivity index (χ1v) is 13.3. The third-order valence-electron chi connectivity index (χ3n) is 6.37. The lowest BCUT2D eigenvalue weighted by Crippen LogP contribution is -2.57. The molecule has 3 aromatic rings. The van der Waals surface area contributed by atoms with Gasteiger partial charge in [-0.25, -0.2) is 8.42 Å². The van der Waals surface area contributed by atoms with Gasteiger partial charge < -0.3 is 10.2 Å². The van der Waals surface area contributed by atoms with E-state index >= 15 is 0 Å². The van der Waals surface area contributed by atoms with Gasteiger partial charge in [-0.2, -0.15) is 4.31 Å². The van der Waals surface area contributed by atoms with Crippen LogP contribution in [0.25, 0.3) is 10.8 Å². The summed E-state index contributed by atoms with van der Waals surface area (Å²) in [5.74, 6) is -0.480. The minimum Gasteiger partial charge on any atom is -0.344 e. The van der Waals surface area contributed by atoms with Gasteiger partial charge in [-0.05, 0) is 34.4 Å². The smallest absolute Gasteiger partial charge is 0.245 e. The van der Waals surface area contributed by atoms with Crippen molar-refractivity contribution in [2.75, 3.05) is 26.2 Å². The van der Waals surface area contributed by atoms with E-state index in [-0.39, 0.29) is 55.2 Å². The normalized spacial score (nSPS) is 15.8. The molecule has 35 heavy (non-hydrogen) atoms. The number of benzene rings is 3. The van der Waals surface area contributed by atoms with E-state index in [1.165, 1.54) is 4.31 Å². The number of fused-ring (bicyclic) bond motifs is 1. The van der Waals surface area contributed by atoms with Crippen molar-refractivity contribution in [3.8, 4) is 0 Å². The molecule has 8 heteroatoms. The fourth-order valence-electron chi connectivity index (χ4n) is 4.34. The van der Waals surface area contributed by atoms with Gasteiger partial charge in [0.2, 0.25) is 21.8 Å². The van der Waals surface area contributed by atoms with Crippen LogP contribution in [0.1, 0.15) is 19.4 Å². The van der Waals surface area contributed by atoms with Crippen LogP contribution in [0.5, 0.6) is 0 Å². The van der Waals surface area contributed by atoms with E-state index in [1.54, 1.807) is 17.0 Å². The average molecular weight is 494 g/mol. The van der Waals surface area contributed by atoms with Gasteiger partial charge >= 0.3 is 0 Å². The molecule has 7 nitrogen and oxygen atoms in total. The molecule has 0 aliphatic carbocycles. The Kier molecular flexibility index (Phi) is 7.52. The summed E-state index contributed by atoms with van der Waals surface area (Å²) in [5, 5.41) is 4.74. The van der Waals surface area contributed by atoms with Gasteiger partial charge in [0.15, 0.2) is 0 Å². The van der Waals surface area contributed by atoms with Gasteiger partial charge in [-0.15, -0.1) is 0 Å². The highest BCUT2D eigenvalue weighted by atomic mass is 32.2. The number of hydrogen-bond acceptors (Lipinski definition) is 4. The molecule has 184 valence electrons. The van der Waals surface area contributed by atoms with Gasteiger partial charge in [0.25, 0.3) is 0 Å². The predicted octanol–water partition coefficient (Wildman–Crippen LogP) is 3.06. The molecular formula is C27H31N3O4S. The van der Waals surface area contributed by atoms with Crippen LogP contribution in [-0.2, 0) is 26.0 Å². The monoisotopic (exact) mass is 493 g/mol. The minimum absolute atomic E-state index is 0.0958. The van der Waals surface area contributed by atoms with E-state index < -0.39 is 16.1 Å². The standard InChI is InChI=1S/C27H31N3O4S/c1-20(2)26(28-25(31)18-21-8-4-3-5-9-21)27(32)29-14-16-30(17-15-29)35(33,34)24-13-12-22-10-6-7-11-23(22)19-24/h3-13,19-20,26H,14-18H2,1-2H3,(H,28,31). The fourth-order valence-corrected chi connectivity index (χ4v) is 5.80. The lowest BCUT2D eigenvalue weighted by molar-refractivity contribution is -0.138. The first-order chi connectivity index (χ1) is 16.8. The molecule has 0 bridgehead atoms. The SMILES string of the molecule is CC(C)C(NC(=O)Cc1ccccc1)C(=O)N1CCN(S(=O)(=O)c2ccc3ccccc3c2)CC1. The van der Waals surface area contributed by atoms with E-state index in [4.69, 9.17) is 0 Å².